The van der Waals surface area contributed by atoms with Crippen LogP contribution in [0.3, 0.4) is 0 Å². The van der Waals surface area contributed by atoms with Crippen molar-refractivity contribution in [3.05, 3.63) is 35.7 Å². The van der Waals surface area contributed by atoms with E-state index in [2.05, 4.69) is 24.1 Å². The van der Waals surface area contributed by atoms with Gasteiger partial charge in [0.1, 0.15) is 17.4 Å². The first kappa shape index (κ1) is 14.3. The van der Waals surface area contributed by atoms with E-state index in [0.29, 0.717) is 5.92 Å². The third kappa shape index (κ3) is 2.74. The number of nitrogens with one attached hydrogen (secondary N) is 1. The Labute approximate surface area is 120 Å². The quantitative estimate of drug-likeness (QED) is 0.922. The molecule has 0 saturated carbocycles. The molecule has 0 saturated heterocycles. The highest BCUT2D eigenvalue weighted by atomic mass is 16.5. The second-order valence-corrected chi connectivity index (χ2v) is 5.04. The highest BCUT2D eigenvalue weighted by Gasteiger charge is 2.13. The van der Waals surface area contributed by atoms with E-state index in [1.807, 2.05) is 38.2 Å². The predicted molar refractivity (Wildman–Crippen MR) is 82.4 cm³/mol. The molecule has 0 spiro atoms. The molecule has 0 aliphatic rings. The molecule has 0 fully saturated rings. The van der Waals surface area contributed by atoms with Gasteiger partial charge in [-0.15, -0.1) is 0 Å². The lowest BCUT2D eigenvalue weighted by molar-refractivity contribution is 0.415. The first-order valence-electron chi connectivity index (χ1n) is 6.77. The Bertz CT molecular complexity index is 591. The zero-order valence-corrected chi connectivity index (χ0v) is 12.7. The smallest absolute Gasteiger partial charge is 0.133 e. The maximum Gasteiger partial charge on any atom is 0.133 e. The lowest BCUT2D eigenvalue weighted by Crippen LogP contribution is -2.06. The Morgan fingerprint density at radius 3 is 2.25 bits per heavy atom. The van der Waals surface area contributed by atoms with Crippen molar-refractivity contribution >= 4 is 5.82 Å². The molecule has 106 valence electrons. The van der Waals surface area contributed by atoms with Gasteiger partial charge in [-0.3, -0.25) is 0 Å². The molecule has 0 unspecified atom stereocenters. The van der Waals surface area contributed by atoms with E-state index in [-0.39, 0.29) is 0 Å². The molecule has 4 nitrogen and oxygen atoms in total. The van der Waals surface area contributed by atoms with Crippen molar-refractivity contribution < 1.29 is 4.74 Å². The fraction of sp³-hybridized carbons (Fsp3) is 0.375. The van der Waals surface area contributed by atoms with Crippen molar-refractivity contribution in [2.75, 3.05) is 19.5 Å². The Balaban J connectivity index is 2.55. The molecule has 0 radical (unpaired) electrons. The predicted octanol–water partition coefficient (Wildman–Crippen LogP) is 3.63. The molecule has 1 aromatic heterocycles. The monoisotopic (exact) mass is 271 g/mol. The van der Waals surface area contributed by atoms with Crippen LogP contribution in [0.4, 0.5) is 5.82 Å². The summed E-state index contributed by atoms with van der Waals surface area (Å²) >= 11 is 0. The van der Waals surface area contributed by atoms with Gasteiger partial charge in [0.2, 0.25) is 0 Å². The van der Waals surface area contributed by atoms with Crippen LogP contribution in [-0.2, 0) is 0 Å². The molecular formula is C16H21N3O. The standard InChI is InChI=1S/C16H21N3O/c1-10(2)15-18-14(11(3)16(17-4)19-15)12-6-8-13(20-5)9-7-12/h6-10H,1-5H3,(H,17,18,19). The van der Waals surface area contributed by atoms with Crippen LogP contribution < -0.4 is 10.1 Å². The van der Waals surface area contributed by atoms with Crippen LogP contribution >= 0.6 is 0 Å². The number of benzene rings is 1. The van der Waals surface area contributed by atoms with Crippen LogP contribution in [0.2, 0.25) is 0 Å². The van der Waals surface area contributed by atoms with E-state index in [1.54, 1.807) is 7.11 Å². The van der Waals surface area contributed by atoms with Gasteiger partial charge in [0.15, 0.2) is 0 Å². The first-order valence-corrected chi connectivity index (χ1v) is 6.77. The van der Waals surface area contributed by atoms with Gasteiger partial charge in [0.25, 0.3) is 0 Å². The molecule has 0 aliphatic carbocycles. The normalized spacial score (nSPS) is 10.7. The van der Waals surface area contributed by atoms with Gasteiger partial charge in [-0.25, -0.2) is 9.97 Å². The van der Waals surface area contributed by atoms with Crippen molar-refractivity contribution in [3.63, 3.8) is 0 Å². The molecular weight excluding hydrogens is 250 g/mol. The largest absolute Gasteiger partial charge is 0.497 e. The Hall–Kier alpha value is -2.10. The number of hydrogen-bond donors (Lipinski definition) is 1. The molecule has 0 bridgehead atoms. The van der Waals surface area contributed by atoms with E-state index in [9.17, 15) is 0 Å². The van der Waals surface area contributed by atoms with Crippen LogP contribution in [0.15, 0.2) is 24.3 Å². The second kappa shape index (κ2) is 5.90. The maximum absolute atomic E-state index is 5.20. The van der Waals surface area contributed by atoms with E-state index >= 15 is 0 Å². The van der Waals surface area contributed by atoms with Gasteiger partial charge in [0, 0.05) is 24.1 Å². The molecule has 0 amide bonds. The Morgan fingerprint density at radius 1 is 1.10 bits per heavy atom. The summed E-state index contributed by atoms with van der Waals surface area (Å²) in [5, 5.41) is 3.15. The first-order chi connectivity index (χ1) is 9.56. The number of ether oxygens (including phenoxy) is 1. The third-order valence-electron chi connectivity index (χ3n) is 3.28. The van der Waals surface area contributed by atoms with Crippen molar-refractivity contribution in [2.45, 2.75) is 26.7 Å². The lowest BCUT2D eigenvalue weighted by Gasteiger charge is -2.14. The van der Waals surface area contributed by atoms with Gasteiger partial charge in [-0.1, -0.05) is 13.8 Å². The van der Waals surface area contributed by atoms with E-state index in [0.717, 1.165) is 34.2 Å². The summed E-state index contributed by atoms with van der Waals surface area (Å²) in [5.74, 6) is 2.87. The molecule has 2 rings (SSSR count). The molecule has 1 aromatic carbocycles. The summed E-state index contributed by atoms with van der Waals surface area (Å²) in [6.45, 7) is 6.24. The number of nitrogens with zero attached hydrogens (tertiary/aromatic N) is 2. The molecule has 2 aromatic rings. The van der Waals surface area contributed by atoms with Crippen molar-refractivity contribution in [3.8, 4) is 17.0 Å². The van der Waals surface area contributed by atoms with Crippen molar-refractivity contribution in [1.82, 2.24) is 9.97 Å². The molecule has 1 heterocycles. The van der Waals surface area contributed by atoms with Gasteiger partial charge >= 0.3 is 0 Å². The summed E-state index contributed by atoms with van der Waals surface area (Å²) in [6.07, 6.45) is 0. The SMILES string of the molecule is CNc1nc(C(C)C)nc(-c2ccc(OC)cc2)c1C. The summed E-state index contributed by atoms with van der Waals surface area (Å²) in [4.78, 5) is 9.28. The average molecular weight is 271 g/mol. The van der Waals surface area contributed by atoms with Crippen molar-refractivity contribution in [1.29, 1.82) is 0 Å². The second-order valence-electron chi connectivity index (χ2n) is 5.04. The van der Waals surface area contributed by atoms with E-state index in [4.69, 9.17) is 9.72 Å². The minimum atomic E-state index is 0.291. The molecule has 20 heavy (non-hydrogen) atoms. The highest BCUT2D eigenvalue weighted by Crippen LogP contribution is 2.28. The van der Waals surface area contributed by atoms with Gasteiger partial charge in [-0.05, 0) is 31.2 Å². The Morgan fingerprint density at radius 2 is 1.75 bits per heavy atom. The number of aromatic nitrogens is 2. The minimum Gasteiger partial charge on any atom is -0.497 e. The zero-order valence-electron chi connectivity index (χ0n) is 12.7. The molecule has 0 aliphatic heterocycles. The average Bonchev–Trinajstić information content (AvgIpc) is 2.47. The van der Waals surface area contributed by atoms with E-state index in [1.165, 1.54) is 0 Å². The number of anilines is 1. The third-order valence-corrected chi connectivity index (χ3v) is 3.28. The van der Waals surface area contributed by atoms with Crippen LogP contribution in [0.5, 0.6) is 5.75 Å². The van der Waals surface area contributed by atoms with E-state index < -0.39 is 0 Å². The zero-order chi connectivity index (χ0) is 14.7. The maximum atomic E-state index is 5.20. The molecule has 4 heteroatoms. The van der Waals surface area contributed by atoms with Crippen LogP contribution in [0.25, 0.3) is 11.3 Å². The summed E-state index contributed by atoms with van der Waals surface area (Å²) in [5.41, 5.74) is 3.10. The summed E-state index contributed by atoms with van der Waals surface area (Å²) in [7, 11) is 3.55. The molecule has 1 N–H and O–H groups in total. The van der Waals surface area contributed by atoms with Crippen LogP contribution in [0.1, 0.15) is 31.2 Å². The Kier molecular flexibility index (Phi) is 4.23. The fourth-order valence-electron chi connectivity index (χ4n) is 2.07. The highest BCUT2D eigenvalue weighted by molar-refractivity contribution is 5.68. The van der Waals surface area contributed by atoms with Gasteiger partial charge in [0.05, 0.1) is 12.8 Å². The van der Waals surface area contributed by atoms with Crippen LogP contribution in [-0.4, -0.2) is 24.1 Å². The van der Waals surface area contributed by atoms with Gasteiger partial charge in [-0.2, -0.15) is 0 Å². The number of methoxy groups -OCH3 is 1. The number of rotatable bonds is 4. The fourth-order valence-corrected chi connectivity index (χ4v) is 2.07. The summed E-state index contributed by atoms with van der Waals surface area (Å²) < 4.78 is 5.20. The topological polar surface area (TPSA) is 47.0 Å². The number of hydrogen-bond acceptors (Lipinski definition) is 4. The van der Waals surface area contributed by atoms with Gasteiger partial charge < -0.3 is 10.1 Å². The van der Waals surface area contributed by atoms with Crippen molar-refractivity contribution in [2.24, 2.45) is 0 Å². The van der Waals surface area contributed by atoms with Crippen LogP contribution in [0, 0.1) is 6.92 Å². The minimum absolute atomic E-state index is 0.291. The molecule has 0 atom stereocenters. The summed E-state index contributed by atoms with van der Waals surface area (Å²) in [6, 6.07) is 7.95. The lowest BCUT2D eigenvalue weighted by atomic mass is 10.1.